The predicted octanol–water partition coefficient (Wildman–Crippen LogP) is 2.20. The largest absolute Gasteiger partial charge is 0.391 e. The summed E-state index contributed by atoms with van der Waals surface area (Å²) in [6.45, 7) is 1.66. The van der Waals surface area contributed by atoms with Gasteiger partial charge in [0.1, 0.15) is 23.5 Å². The number of morpholine rings is 1. The third-order valence-corrected chi connectivity index (χ3v) is 4.84. The van der Waals surface area contributed by atoms with E-state index in [4.69, 9.17) is 4.74 Å². The third-order valence-electron chi connectivity index (χ3n) is 4.84. The molecule has 0 spiro atoms. The van der Waals surface area contributed by atoms with Crippen LogP contribution in [0.5, 0.6) is 0 Å². The van der Waals surface area contributed by atoms with Gasteiger partial charge in [0, 0.05) is 37.7 Å². The fourth-order valence-electron chi connectivity index (χ4n) is 3.36. The Morgan fingerprint density at radius 2 is 1.83 bits per heavy atom. The summed E-state index contributed by atoms with van der Waals surface area (Å²) in [6.07, 6.45) is -1.17. The van der Waals surface area contributed by atoms with E-state index in [-0.39, 0.29) is 24.1 Å². The molecule has 0 radical (unpaired) electrons. The Bertz CT molecular complexity index is 844. The Morgan fingerprint density at radius 3 is 2.52 bits per heavy atom. The third kappa shape index (κ3) is 5.56. The normalized spacial score (nSPS) is 17.0. The number of rotatable bonds is 7. The maximum absolute atomic E-state index is 14.4. The minimum atomic E-state index is -1.08. The SMILES string of the molecule is O=C(NCC(O)Cc1ccc(F)cc1F)C(c1ccccc1F)N1CCOCC1. The van der Waals surface area contributed by atoms with Gasteiger partial charge in [-0.3, -0.25) is 9.69 Å². The average molecular weight is 408 g/mol. The highest BCUT2D eigenvalue weighted by molar-refractivity contribution is 5.83. The van der Waals surface area contributed by atoms with Crippen molar-refractivity contribution < 1.29 is 27.8 Å². The minimum Gasteiger partial charge on any atom is -0.391 e. The van der Waals surface area contributed by atoms with E-state index >= 15 is 0 Å². The molecule has 156 valence electrons. The fraction of sp³-hybridized carbons (Fsp3) is 0.381. The molecule has 1 aliphatic rings. The summed E-state index contributed by atoms with van der Waals surface area (Å²) in [5.74, 6) is -2.41. The van der Waals surface area contributed by atoms with Crippen molar-refractivity contribution in [2.45, 2.75) is 18.6 Å². The molecule has 0 aliphatic carbocycles. The number of nitrogens with one attached hydrogen (secondary N) is 1. The zero-order chi connectivity index (χ0) is 20.8. The van der Waals surface area contributed by atoms with Crippen molar-refractivity contribution in [3.8, 4) is 0 Å². The number of aliphatic hydroxyl groups is 1. The van der Waals surface area contributed by atoms with Crippen molar-refractivity contribution in [3.63, 3.8) is 0 Å². The lowest BCUT2D eigenvalue weighted by atomic mass is 10.0. The highest BCUT2D eigenvalue weighted by Gasteiger charge is 2.31. The molecule has 29 heavy (non-hydrogen) atoms. The first-order chi connectivity index (χ1) is 14.0. The number of benzene rings is 2. The molecule has 0 aromatic heterocycles. The maximum Gasteiger partial charge on any atom is 0.242 e. The molecule has 2 atom stereocenters. The van der Waals surface area contributed by atoms with Gasteiger partial charge in [0.15, 0.2) is 0 Å². The van der Waals surface area contributed by atoms with Crippen LogP contribution in [0.4, 0.5) is 13.2 Å². The van der Waals surface area contributed by atoms with Gasteiger partial charge in [-0.25, -0.2) is 13.2 Å². The van der Waals surface area contributed by atoms with Gasteiger partial charge >= 0.3 is 0 Å². The van der Waals surface area contributed by atoms with Crippen molar-refractivity contribution >= 4 is 5.91 Å². The van der Waals surface area contributed by atoms with E-state index in [2.05, 4.69) is 5.32 Å². The molecule has 1 heterocycles. The van der Waals surface area contributed by atoms with Crippen molar-refractivity contribution in [2.24, 2.45) is 0 Å². The summed E-state index contributed by atoms with van der Waals surface area (Å²) in [6, 6.07) is 8.30. The van der Waals surface area contributed by atoms with Crippen LogP contribution in [0.1, 0.15) is 17.2 Å². The number of hydrogen-bond acceptors (Lipinski definition) is 4. The zero-order valence-corrected chi connectivity index (χ0v) is 15.8. The summed E-state index contributed by atoms with van der Waals surface area (Å²) in [7, 11) is 0. The lowest BCUT2D eigenvalue weighted by molar-refractivity contribution is -0.129. The Balaban J connectivity index is 1.67. The molecule has 1 amide bonds. The summed E-state index contributed by atoms with van der Waals surface area (Å²) in [5.41, 5.74) is 0.387. The maximum atomic E-state index is 14.4. The first kappa shape index (κ1) is 21.3. The van der Waals surface area contributed by atoms with E-state index in [1.54, 1.807) is 18.2 Å². The standard InChI is InChI=1S/C21H23F3N2O3/c22-15-6-5-14(19(24)12-15)11-16(27)13-25-21(28)20(26-7-9-29-10-8-26)17-3-1-2-4-18(17)23/h1-6,12,16,20,27H,7-11,13H2,(H,25,28). The van der Waals surface area contributed by atoms with Crippen LogP contribution in [0.3, 0.4) is 0 Å². The molecule has 1 aliphatic heterocycles. The van der Waals surface area contributed by atoms with E-state index < -0.39 is 35.5 Å². The van der Waals surface area contributed by atoms with Crippen LogP contribution in [-0.4, -0.2) is 54.9 Å². The van der Waals surface area contributed by atoms with Crippen LogP contribution < -0.4 is 5.32 Å². The molecule has 8 heteroatoms. The van der Waals surface area contributed by atoms with Gasteiger partial charge in [-0.15, -0.1) is 0 Å². The fourth-order valence-corrected chi connectivity index (χ4v) is 3.36. The van der Waals surface area contributed by atoms with Crippen molar-refractivity contribution in [1.82, 2.24) is 10.2 Å². The molecular formula is C21H23F3N2O3. The lowest BCUT2D eigenvalue weighted by Gasteiger charge is -2.34. The monoisotopic (exact) mass is 408 g/mol. The van der Waals surface area contributed by atoms with Gasteiger partial charge in [-0.2, -0.15) is 0 Å². The zero-order valence-electron chi connectivity index (χ0n) is 15.8. The Hall–Kier alpha value is -2.42. The smallest absolute Gasteiger partial charge is 0.242 e. The van der Waals surface area contributed by atoms with E-state index in [9.17, 15) is 23.1 Å². The molecule has 0 bridgehead atoms. The molecule has 2 aromatic rings. The quantitative estimate of drug-likeness (QED) is 0.738. The minimum absolute atomic E-state index is 0.0890. The van der Waals surface area contributed by atoms with Crippen LogP contribution in [0.2, 0.25) is 0 Å². The molecule has 2 unspecified atom stereocenters. The van der Waals surface area contributed by atoms with Gasteiger partial charge in [-0.05, 0) is 17.7 Å². The second-order valence-corrected chi connectivity index (χ2v) is 6.91. The Labute approximate surface area is 167 Å². The summed E-state index contributed by atoms with van der Waals surface area (Å²) < 4.78 is 46.4. The lowest BCUT2D eigenvalue weighted by Crippen LogP contribution is -2.47. The number of aliphatic hydroxyl groups excluding tert-OH is 1. The van der Waals surface area contributed by atoms with Crippen LogP contribution in [0.25, 0.3) is 0 Å². The van der Waals surface area contributed by atoms with E-state index in [1.807, 2.05) is 4.90 Å². The number of carbonyl (C=O) groups excluding carboxylic acids is 1. The van der Waals surface area contributed by atoms with E-state index in [0.29, 0.717) is 26.3 Å². The van der Waals surface area contributed by atoms with Crippen LogP contribution in [0, 0.1) is 17.5 Å². The summed E-state index contributed by atoms with van der Waals surface area (Å²) in [5, 5.41) is 12.8. The van der Waals surface area contributed by atoms with Crippen molar-refractivity contribution in [3.05, 3.63) is 71.0 Å². The van der Waals surface area contributed by atoms with Gasteiger partial charge in [0.25, 0.3) is 0 Å². The highest BCUT2D eigenvalue weighted by atomic mass is 19.1. The van der Waals surface area contributed by atoms with Crippen molar-refractivity contribution in [1.29, 1.82) is 0 Å². The molecule has 2 N–H and O–H groups in total. The van der Waals surface area contributed by atoms with Crippen molar-refractivity contribution in [2.75, 3.05) is 32.8 Å². The Morgan fingerprint density at radius 1 is 1.10 bits per heavy atom. The Kier molecular flexibility index (Phi) is 7.24. The van der Waals surface area contributed by atoms with E-state index in [1.165, 1.54) is 12.1 Å². The molecule has 3 rings (SSSR count). The van der Waals surface area contributed by atoms with Gasteiger partial charge in [0.2, 0.25) is 5.91 Å². The highest BCUT2D eigenvalue weighted by Crippen LogP contribution is 2.24. The van der Waals surface area contributed by atoms with Crippen LogP contribution >= 0.6 is 0 Å². The number of carbonyl (C=O) groups is 1. The van der Waals surface area contributed by atoms with Gasteiger partial charge in [0.05, 0.1) is 19.3 Å². The van der Waals surface area contributed by atoms with E-state index in [0.717, 1.165) is 12.1 Å². The molecule has 2 aromatic carbocycles. The second-order valence-electron chi connectivity index (χ2n) is 6.91. The molecular weight excluding hydrogens is 385 g/mol. The number of amides is 1. The first-order valence-corrected chi connectivity index (χ1v) is 9.41. The molecule has 5 nitrogen and oxygen atoms in total. The number of ether oxygens (including phenoxy) is 1. The van der Waals surface area contributed by atoms with Crippen LogP contribution in [-0.2, 0) is 16.0 Å². The number of halogens is 3. The molecule has 1 saturated heterocycles. The van der Waals surface area contributed by atoms with Gasteiger partial charge in [-0.1, -0.05) is 24.3 Å². The van der Waals surface area contributed by atoms with Crippen LogP contribution in [0.15, 0.2) is 42.5 Å². The summed E-state index contributed by atoms with van der Waals surface area (Å²) in [4.78, 5) is 14.7. The predicted molar refractivity (Wildman–Crippen MR) is 101 cm³/mol. The second kappa shape index (κ2) is 9.87. The average Bonchev–Trinajstić information content (AvgIpc) is 2.71. The topological polar surface area (TPSA) is 61.8 Å². The first-order valence-electron chi connectivity index (χ1n) is 9.41. The molecule has 0 saturated carbocycles. The number of hydrogen-bond donors (Lipinski definition) is 2. The number of nitrogens with zero attached hydrogens (tertiary/aromatic N) is 1. The van der Waals surface area contributed by atoms with Gasteiger partial charge < -0.3 is 15.2 Å². The molecule has 1 fully saturated rings. The summed E-state index contributed by atoms with van der Waals surface area (Å²) >= 11 is 0.